The molecule has 25 rings (SSSR count). The second kappa shape index (κ2) is 28.3. The Kier molecular flexibility index (Phi) is 16.3. The number of hydrogen-bond donors (Lipinski definition) is 0. The lowest BCUT2D eigenvalue weighted by molar-refractivity contribution is 0.590. The van der Waals surface area contributed by atoms with Gasteiger partial charge >= 0.3 is 0 Å². The van der Waals surface area contributed by atoms with Crippen LogP contribution >= 0.6 is 0 Å². The van der Waals surface area contributed by atoms with E-state index in [4.69, 9.17) is 0 Å². The number of hydrogen-bond acceptors (Lipinski definition) is 2. The van der Waals surface area contributed by atoms with Crippen molar-refractivity contribution in [1.82, 2.24) is 18.3 Å². The second-order valence-electron chi connectivity index (χ2n) is 34.6. The Hall–Kier alpha value is -16.0. The predicted molar refractivity (Wildman–Crippen MR) is 529 cm³/mol. The second-order valence-corrected chi connectivity index (χ2v) is 34.6. The number of aromatic nitrogens is 4. The summed E-state index contributed by atoms with van der Waals surface area (Å²) in [7, 11) is 0. The lowest BCUT2D eigenvalue weighted by atomic mass is 9.33. The number of rotatable bonds is 12. The summed E-state index contributed by atoms with van der Waals surface area (Å²) in [6.07, 6.45) is 0. The average molecular weight is 1590 g/mol. The number of fused-ring (bicyclic) bond motifs is 16. The van der Waals surface area contributed by atoms with Gasteiger partial charge in [0.15, 0.2) is 0 Å². The minimum atomic E-state index is -0.367. The summed E-state index contributed by atoms with van der Waals surface area (Å²) in [5, 5.41) is 9.64. The lowest BCUT2D eigenvalue weighted by Crippen LogP contribution is -2.61. The molecule has 0 radical (unpaired) electrons. The van der Waals surface area contributed by atoms with Gasteiger partial charge in [-0.1, -0.05) is 324 Å². The summed E-state index contributed by atoms with van der Waals surface area (Å²) in [6, 6.07) is 164. The molecule has 0 N–H and O–H groups in total. The SMILES string of the molecule is CC(C)(C)c1cc2c3c(c1)N(c1ccccc1-c1ccccc1-n1c4ccccc4c4ccccc41)c1cc(-n4c5ccc(-c6ccccc6)cc5c5cc(-c6ccccc6)ccc54)ccc1B3c1ccc(-n3c4ccc(-c5ccccc5)cc4c4cc(-c5ccccc5)ccc43)cc1N2c1ccccc1-c1ccccc1-n1c2ccccc2c2ccccc21. The molecule has 0 fully saturated rings. The Morgan fingerprint density at radius 1 is 0.184 bits per heavy atom. The van der Waals surface area contributed by atoms with Crippen molar-refractivity contribution in [3.8, 4) is 89.5 Å². The number of para-hydroxylation sites is 8. The molecule has 7 heteroatoms. The highest BCUT2D eigenvalue weighted by Crippen LogP contribution is 2.53. The first-order chi connectivity index (χ1) is 61.7. The minimum absolute atomic E-state index is 0.288. The smallest absolute Gasteiger partial charge is 0.252 e. The average Bonchev–Trinajstić information content (AvgIpc) is 1.02. The fraction of sp³-hybridized carbons (Fsp3) is 0.0339. The molecule has 23 aromatic rings. The van der Waals surface area contributed by atoms with Gasteiger partial charge in [0.1, 0.15) is 0 Å². The van der Waals surface area contributed by atoms with E-state index in [-0.39, 0.29) is 12.1 Å². The first-order valence-corrected chi connectivity index (χ1v) is 43.5. The van der Waals surface area contributed by atoms with Crippen molar-refractivity contribution in [2.45, 2.75) is 26.2 Å². The van der Waals surface area contributed by atoms with E-state index in [1.807, 2.05) is 0 Å². The zero-order valence-corrected chi connectivity index (χ0v) is 69.3. The predicted octanol–water partition coefficient (Wildman–Crippen LogP) is 29.5. The quantitative estimate of drug-likeness (QED) is 0.114. The van der Waals surface area contributed by atoms with E-state index in [0.717, 1.165) is 123 Å². The summed E-state index contributed by atoms with van der Waals surface area (Å²) in [5.74, 6) is 0. The molecule has 4 aromatic heterocycles. The van der Waals surface area contributed by atoms with Gasteiger partial charge in [0.25, 0.3) is 6.71 Å². The van der Waals surface area contributed by atoms with Crippen LogP contribution in [0.5, 0.6) is 0 Å². The van der Waals surface area contributed by atoms with E-state index in [9.17, 15) is 0 Å². The van der Waals surface area contributed by atoms with Gasteiger partial charge in [0.05, 0.1) is 66.9 Å². The standard InChI is InChI=1S/C118H81BN6/c1-118(2,3)84-72-115-117-116(73-84)125(108-55-31-23-47-94(108)92-45-21-29-53-106(92)123-103-50-26-18-42-89(103)90-43-19-27-51-104(90)123)114-75-86(121-111-66-58-82(78-36-12-6-13-37-78)70-97(111)98-71-83(59-67-112(98)121)79-38-14-7-15-39-79)61-63-100(114)119(117)99-62-60-85(120-109-64-56-80(76-32-8-4-9-33-76)68-95(109)96-69-81(57-65-110(96)120)77-34-10-5-11-35-77)74-113(99)124(115)107-54-30-22-46-93(107)91-44-20-28-52-105(91)122-101-48-24-16-40-87(101)88-41-17-25-49-102(88)122/h4-75H,1-3H3. The van der Waals surface area contributed by atoms with Gasteiger partial charge in [0.2, 0.25) is 0 Å². The molecule has 0 saturated carbocycles. The van der Waals surface area contributed by atoms with Gasteiger partial charge in [-0.15, -0.1) is 0 Å². The van der Waals surface area contributed by atoms with Crippen LogP contribution in [0.15, 0.2) is 437 Å². The van der Waals surface area contributed by atoms with E-state index in [0.29, 0.717) is 0 Å². The van der Waals surface area contributed by atoms with Crippen molar-refractivity contribution < 1.29 is 0 Å². The third kappa shape index (κ3) is 11.3. The Labute approximate surface area is 725 Å². The van der Waals surface area contributed by atoms with E-state index < -0.39 is 0 Å². The van der Waals surface area contributed by atoms with Crippen LogP contribution in [-0.4, -0.2) is 25.0 Å². The van der Waals surface area contributed by atoms with Gasteiger partial charge in [-0.2, -0.15) is 0 Å². The number of nitrogens with zero attached hydrogens (tertiary/aromatic N) is 6. The van der Waals surface area contributed by atoms with Crippen LogP contribution in [-0.2, 0) is 5.41 Å². The molecule has 0 amide bonds. The van der Waals surface area contributed by atoms with Crippen molar-refractivity contribution in [2.24, 2.45) is 0 Å². The molecular formula is C118H81BN6. The molecule has 19 aromatic carbocycles. The van der Waals surface area contributed by atoms with Crippen molar-refractivity contribution in [3.05, 3.63) is 442 Å². The summed E-state index contributed by atoms with van der Waals surface area (Å²) in [4.78, 5) is 5.37. The third-order valence-corrected chi connectivity index (χ3v) is 26.7. The van der Waals surface area contributed by atoms with E-state index in [1.165, 1.54) is 110 Å². The fourth-order valence-electron chi connectivity index (χ4n) is 21.0. The maximum absolute atomic E-state index is 2.68. The van der Waals surface area contributed by atoms with Crippen LogP contribution in [0.1, 0.15) is 26.3 Å². The molecule has 586 valence electrons. The zero-order valence-electron chi connectivity index (χ0n) is 69.3. The molecule has 6 nitrogen and oxygen atoms in total. The van der Waals surface area contributed by atoms with Crippen LogP contribution in [0.2, 0.25) is 0 Å². The van der Waals surface area contributed by atoms with Crippen LogP contribution in [0, 0.1) is 0 Å². The Bertz CT molecular complexity index is 7570. The maximum Gasteiger partial charge on any atom is 0.252 e. The van der Waals surface area contributed by atoms with Crippen LogP contribution in [0.4, 0.5) is 34.1 Å². The summed E-state index contributed by atoms with van der Waals surface area (Å²) in [6.45, 7) is 6.90. The first-order valence-electron chi connectivity index (χ1n) is 43.5. The van der Waals surface area contributed by atoms with Gasteiger partial charge in [0, 0.05) is 99.5 Å². The molecule has 125 heavy (non-hydrogen) atoms. The molecular weight excluding hydrogens is 1510 g/mol. The van der Waals surface area contributed by atoms with E-state index in [1.54, 1.807) is 0 Å². The van der Waals surface area contributed by atoms with Gasteiger partial charge in [-0.25, -0.2) is 0 Å². The maximum atomic E-state index is 2.68. The van der Waals surface area contributed by atoms with Gasteiger partial charge < -0.3 is 28.1 Å². The summed E-state index contributed by atoms with van der Waals surface area (Å²) >= 11 is 0. The van der Waals surface area contributed by atoms with E-state index >= 15 is 0 Å². The Morgan fingerprint density at radius 3 is 0.760 bits per heavy atom. The molecule has 0 spiro atoms. The van der Waals surface area contributed by atoms with Crippen molar-refractivity contribution >= 4 is 144 Å². The molecule has 6 heterocycles. The molecule has 2 aliphatic rings. The molecule has 0 aliphatic carbocycles. The topological polar surface area (TPSA) is 26.2 Å². The van der Waals surface area contributed by atoms with Crippen molar-refractivity contribution in [1.29, 1.82) is 0 Å². The molecule has 0 saturated heterocycles. The summed E-state index contributed by atoms with van der Waals surface area (Å²) < 4.78 is 10.1. The third-order valence-electron chi connectivity index (χ3n) is 26.7. The minimum Gasteiger partial charge on any atom is -0.311 e. The highest BCUT2D eigenvalue weighted by molar-refractivity contribution is 7.00. The monoisotopic (exact) mass is 1590 g/mol. The van der Waals surface area contributed by atoms with Crippen LogP contribution in [0.3, 0.4) is 0 Å². The van der Waals surface area contributed by atoms with Crippen molar-refractivity contribution in [3.63, 3.8) is 0 Å². The highest BCUT2D eigenvalue weighted by atomic mass is 15.2. The fourth-order valence-corrected chi connectivity index (χ4v) is 21.0. The normalized spacial score (nSPS) is 12.6. The molecule has 0 atom stereocenters. The van der Waals surface area contributed by atoms with Gasteiger partial charge in [-0.05, 0) is 205 Å². The first kappa shape index (κ1) is 71.9. The largest absolute Gasteiger partial charge is 0.311 e. The van der Waals surface area contributed by atoms with Crippen LogP contribution < -0.4 is 26.2 Å². The van der Waals surface area contributed by atoms with E-state index in [2.05, 4.69) is 486 Å². The highest BCUT2D eigenvalue weighted by Gasteiger charge is 2.46. The Balaban J connectivity index is 0.788. The molecule has 2 aliphatic heterocycles. The molecule has 0 bridgehead atoms. The number of anilines is 6. The van der Waals surface area contributed by atoms with Crippen molar-refractivity contribution in [2.75, 3.05) is 9.80 Å². The summed E-state index contributed by atoms with van der Waals surface area (Å²) in [5.41, 5.74) is 38.4. The zero-order chi connectivity index (χ0) is 82.7. The van der Waals surface area contributed by atoms with Crippen LogP contribution in [0.25, 0.3) is 177 Å². The molecule has 0 unspecified atom stereocenters. The lowest BCUT2D eigenvalue weighted by Gasteiger charge is -2.46. The number of benzene rings is 19. The van der Waals surface area contributed by atoms with Gasteiger partial charge in [-0.3, -0.25) is 0 Å². The Morgan fingerprint density at radius 2 is 0.448 bits per heavy atom.